The number of thiophene rings is 1. The summed E-state index contributed by atoms with van der Waals surface area (Å²) in [7, 11) is 1.61. The van der Waals surface area contributed by atoms with Crippen molar-refractivity contribution in [2.24, 2.45) is 5.92 Å². The van der Waals surface area contributed by atoms with Crippen molar-refractivity contribution < 1.29 is 19.1 Å². The second-order valence-corrected chi connectivity index (χ2v) is 5.89. The predicted molar refractivity (Wildman–Crippen MR) is 79.3 cm³/mol. The molecule has 0 saturated heterocycles. The van der Waals surface area contributed by atoms with Crippen LogP contribution in [0.4, 0.5) is 5.00 Å². The first-order valence-electron chi connectivity index (χ1n) is 6.54. The number of ether oxygens (including phenoxy) is 2. The van der Waals surface area contributed by atoms with Crippen molar-refractivity contribution >= 4 is 28.2 Å². The molecule has 1 unspecified atom stereocenters. The lowest BCUT2D eigenvalue weighted by atomic mass is 10.1. The quantitative estimate of drug-likeness (QED) is 0.786. The van der Waals surface area contributed by atoms with Crippen LogP contribution in [-0.4, -0.2) is 32.2 Å². The third-order valence-electron chi connectivity index (χ3n) is 2.59. The molecule has 0 fully saturated rings. The lowest BCUT2D eigenvalue weighted by Gasteiger charge is -2.10. The first kappa shape index (κ1) is 16.7. The number of hydrogen-bond donors (Lipinski definition) is 1. The van der Waals surface area contributed by atoms with E-state index in [9.17, 15) is 9.59 Å². The van der Waals surface area contributed by atoms with Gasteiger partial charge in [-0.25, -0.2) is 4.79 Å². The Balaban J connectivity index is 2.72. The Kier molecular flexibility index (Phi) is 6.67. The molecule has 20 heavy (non-hydrogen) atoms. The van der Waals surface area contributed by atoms with E-state index in [2.05, 4.69) is 5.32 Å². The highest BCUT2D eigenvalue weighted by molar-refractivity contribution is 7.16. The van der Waals surface area contributed by atoms with Crippen LogP contribution in [0, 0.1) is 12.8 Å². The van der Waals surface area contributed by atoms with Gasteiger partial charge in [0.15, 0.2) is 0 Å². The van der Waals surface area contributed by atoms with Crippen LogP contribution in [0.5, 0.6) is 0 Å². The molecule has 0 aliphatic rings. The maximum Gasteiger partial charge on any atom is 0.341 e. The van der Waals surface area contributed by atoms with Gasteiger partial charge >= 0.3 is 5.97 Å². The van der Waals surface area contributed by atoms with Gasteiger partial charge in [-0.3, -0.25) is 4.79 Å². The summed E-state index contributed by atoms with van der Waals surface area (Å²) in [6, 6.07) is 1.73. The zero-order valence-corrected chi connectivity index (χ0v) is 13.1. The van der Waals surface area contributed by atoms with E-state index in [1.54, 1.807) is 20.1 Å². The molecule has 1 N–H and O–H groups in total. The van der Waals surface area contributed by atoms with Crippen LogP contribution in [0.1, 0.15) is 35.5 Å². The van der Waals surface area contributed by atoms with Crippen molar-refractivity contribution in [3.8, 4) is 0 Å². The summed E-state index contributed by atoms with van der Waals surface area (Å²) in [5, 5.41) is 3.33. The number of carbonyl (C=O) groups is 2. The molecule has 1 atom stereocenters. The van der Waals surface area contributed by atoms with Crippen LogP contribution in [0.3, 0.4) is 0 Å². The normalized spacial score (nSPS) is 12.0. The van der Waals surface area contributed by atoms with E-state index in [4.69, 9.17) is 9.47 Å². The van der Waals surface area contributed by atoms with Gasteiger partial charge in [0.25, 0.3) is 0 Å². The molecular formula is C14H21NO4S. The van der Waals surface area contributed by atoms with Crippen molar-refractivity contribution in [2.45, 2.75) is 27.2 Å². The molecule has 5 nitrogen and oxygen atoms in total. The maximum atomic E-state index is 11.9. The first-order valence-corrected chi connectivity index (χ1v) is 7.35. The standard InChI is InChI=1S/C14H21NO4S/c1-5-19-14(17)11-7-10(3)20-13(11)15-12(16)6-9(2)8-18-4/h7,9H,5-6,8H2,1-4H3,(H,15,16). The van der Waals surface area contributed by atoms with Crippen LogP contribution < -0.4 is 5.32 Å². The highest BCUT2D eigenvalue weighted by Gasteiger charge is 2.18. The third kappa shape index (κ3) is 4.94. The topological polar surface area (TPSA) is 64.6 Å². The smallest absolute Gasteiger partial charge is 0.341 e. The summed E-state index contributed by atoms with van der Waals surface area (Å²) in [6.07, 6.45) is 0.354. The van der Waals surface area contributed by atoms with Crippen LogP contribution in [-0.2, 0) is 14.3 Å². The molecule has 0 aliphatic heterocycles. The van der Waals surface area contributed by atoms with E-state index in [1.807, 2.05) is 13.8 Å². The molecule has 0 aromatic carbocycles. The number of esters is 1. The van der Waals surface area contributed by atoms with E-state index in [-0.39, 0.29) is 11.8 Å². The van der Waals surface area contributed by atoms with Gasteiger partial charge < -0.3 is 14.8 Å². The van der Waals surface area contributed by atoms with Gasteiger partial charge in [-0.2, -0.15) is 0 Å². The second-order valence-electron chi connectivity index (χ2n) is 4.63. The highest BCUT2D eigenvalue weighted by Crippen LogP contribution is 2.28. The number of aryl methyl sites for hydroxylation is 1. The number of methoxy groups -OCH3 is 1. The van der Waals surface area contributed by atoms with Gasteiger partial charge in [0, 0.05) is 25.0 Å². The SMILES string of the molecule is CCOC(=O)c1cc(C)sc1NC(=O)CC(C)COC. The zero-order valence-electron chi connectivity index (χ0n) is 12.3. The molecule has 0 aliphatic carbocycles. The Morgan fingerprint density at radius 3 is 2.75 bits per heavy atom. The summed E-state index contributed by atoms with van der Waals surface area (Å²) in [4.78, 5) is 24.7. The summed E-state index contributed by atoms with van der Waals surface area (Å²) in [6.45, 7) is 6.42. The fraction of sp³-hybridized carbons (Fsp3) is 0.571. The molecular weight excluding hydrogens is 278 g/mol. The Labute approximate surface area is 123 Å². The number of nitrogens with one attached hydrogen (secondary N) is 1. The minimum atomic E-state index is -0.405. The lowest BCUT2D eigenvalue weighted by Crippen LogP contribution is -2.18. The molecule has 1 aromatic rings. The van der Waals surface area contributed by atoms with Gasteiger partial charge in [0.1, 0.15) is 5.00 Å². The summed E-state index contributed by atoms with van der Waals surface area (Å²) >= 11 is 1.37. The van der Waals surface area contributed by atoms with Crippen molar-refractivity contribution in [2.75, 3.05) is 25.6 Å². The highest BCUT2D eigenvalue weighted by atomic mass is 32.1. The van der Waals surface area contributed by atoms with Crippen LogP contribution in [0.25, 0.3) is 0 Å². The van der Waals surface area contributed by atoms with Crippen LogP contribution in [0.2, 0.25) is 0 Å². The van der Waals surface area contributed by atoms with Crippen molar-refractivity contribution in [3.05, 3.63) is 16.5 Å². The van der Waals surface area contributed by atoms with E-state index in [0.717, 1.165) is 4.88 Å². The average molecular weight is 299 g/mol. The molecule has 112 valence electrons. The minimum absolute atomic E-state index is 0.123. The van der Waals surface area contributed by atoms with E-state index in [0.29, 0.717) is 30.2 Å². The minimum Gasteiger partial charge on any atom is -0.462 e. The zero-order chi connectivity index (χ0) is 15.1. The van der Waals surface area contributed by atoms with E-state index in [1.165, 1.54) is 11.3 Å². The number of anilines is 1. The Morgan fingerprint density at radius 2 is 2.15 bits per heavy atom. The Bertz CT molecular complexity index is 470. The van der Waals surface area contributed by atoms with Crippen LogP contribution in [0.15, 0.2) is 6.07 Å². The van der Waals surface area contributed by atoms with Crippen molar-refractivity contribution in [3.63, 3.8) is 0 Å². The first-order chi connectivity index (χ1) is 9.47. The summed E-state index contributed by atoms with van der Waals surface area (Å²) in [5.41, 5.74) is 0.419. The molecule has 0 radical (unpaired) electrons. The molecule has 0 bridgehead atoms. The number of carbonyl (C=O) groups excluding carboxylic acids is 2. The predicted octanol–water partition coefficient (Wildman–Crippen LogP) is 2.84. The van der Waals surface area contributed by atoms with Gasteiger partial charge in [-0.05, 0) is 25.8 Å². The molecule has 0 spiro atoms. The number of rotatable bonds is 7. The maximum absolute atomic E-state index is 11.9. The van der Waals surface area contributed by atoms with Gasteiger partial charge in [-0.15, -0.1) is 11.3 Å². The summed E-state index contributed by atoms with van der Waals surface area (Å²) in [5.74, 6) is -0.397. The molecule has 1 heterocycles. The largest absolute Gasteiger partial charge is 0.462 e. The molecule has 6 heteroatoms. The third-order valence-corrected chi connectivity index (χ3v) is 3.55. The van der Waals surface area contributed by atoms with E-state index >= 15 is 0 Å². The Morgan fingerprint density at radius 1 is 1.45 bits per heavy atom. The molecule has 1 amide bonds. The van der Waals surface area contributed by atoms with Crippen molar-refractivity contribution in [1.29, 1.82) is 0 Å². The number of hydrogen-bond acceptors (Lipinski definition) is 5. The Hall–Kier alpha value is -1.40. The van der Waals surface area contributed by atoms with Gasteiger partial charge in [0.2, 0.25) is 5.91 Å². The van der Waals surface area contributed by atoms with Gasteiger partial charge in [0.05, 0.1) is 12.2 Å². The van der Waals surface area contributed by atoms with E-state index < -0.39 is 5.97 Å². The molecule has 1 aromatic heterocycles. The number of amides is 1. The van der Waals surface area contributed by atoms with Gasteiger partial charge in [-0.1, -0.05) is 6.92 Å². The molecule has 0 saturated carbocycles. The fourth-order valence-electron chi connectivity index (χ4n) is 1.81. The monoisotopic (exact) mass is 299 g/mol. The average Bonchev–Trinajstić information content (AvgIpc) is 2.70. The lowest BCUT2D eigenvalue weighted by molar-refractivity contribution is -0.117. The second kappa shape index (κ2) is 8.01. The fourth-order valence-corrected chi connectivity index (χ4v) is 2.72. The van der Waals surface area contributed by atoms with Crippen LogP contribution >= 0.6 is 11.3 Å². The van der Waals surface area contributed by atoms with Crippen molar-refractivity contribution in [1.82, 2.24) is 0 Å². The molecule has 1 rings (SSSR count). The summed E-state index contributed by atoms with van der Waals surface area (Å²) < 4.78 is 9.98.